The number of benzene rings is 2. The lowest BCUT2D eigenvalue weighted by Gasteiger charge is -2.18. The van der Waals surface area contributed by atoms with Gasteiger partial charge in [-0.25, -0.2) is 0 Å². The molecule has 4 rings (SSSR count). The maximum absolute atomic E-state index is 9.93. The van der Waals surface area contributed by atoms with Gasteiger partial charge in [-0.2, -0.15) is 0 Å². The quantitative estimate of drug-likeness (QED) is 0.623. The van der Waals surface area contributed by atoms with E-state index in [9.17, 15) is 20.4 Å². The second kappa shape index (κ2) is 6.26. The molecule has 0 aliphatic carbocycles. The second-order valence-corrected chi connectivity index (χ2v) is 6.67. The number of ether oxygens (including phenoxy) is 3. The highest BCUT2D eigenvalue weighted by Gasteiger charge is 2.48. The molecule has 0 radical (unpaired) electrons. The van der Waals surface area contributed by atoms with Crippen LogP contribution in [0.15, 0.2) is 30.3 Å². The van der Waals surface area contributed by atoms with Gasteiger partial charge in [0.25, 0.3) is 0 Å². The van der Waals surface area contributed by atoms with Crippen LogP contribution in [-0.2, 0) is 9.47 Å². The summed E-state index contributed by atoms with van der Waals surface area (Å²) in [5.41, 5.74) is 1.49. The third kappa shape index (κ3) is 2.60. The van der Waals surface area contributed by atoms with Crippen LogP contribution in [0.4, 0.5) is 0 Å². The van der Waals surface area contributed by atoms with Gasteiger partial charge >= 0.3 is 0 Å². The van der Waals surface area contributed by atoms with Crippen molar-refractivity contribution in [1.29, 1.82) is 0 Å². The first-order valence-corrected chi connectivity index (χ1v) is 8.34. The van der Waals surface area contributed by atoms with Crippen molar-refractivity contribution in [1.82, 2.24) is 0 Å². The van der Waals surface area contributed by atoms with E-state index in [2.05, 4.69) is 0 Å². The summed E-state index contributed by atoms with van der Waals surface area (Å²) in [6.45, 7) is 0.928. The van der Waals surface area contributed by atoms with E-state index in [1.807, 2.05) is 0 Å². The maximum atomic E-state index is 9.93. The van der Waals surface area contributed by atoms with E-state index in [0.717, 1.165) is 5.56 Å². The number of hydrogen-bond donors (Lipinski definition) is 4. The fraction of sp³-hybridized carbons (Fsp3) is 0.368. The van der Waals surface area contributed by atoms with Crippen molar-refractivity contribution in [2.45, 2.75) is 12.2 Å². The Bertz CT molecular complexity index is 835. The summed E-state index contributed by atoms with van der Waals surface area (Å²) in [5.74, 6) is -0.591. The summed E-state index contributed by atoms with van der Waals surface area (Å²) in [7, 11) is 1.42. The minimum Gasteiger partial charge on any atom is -0.504 e. The van der Waals surface area contributed by atoms with Crippen LogP contribution >= 0.6 is 0 Å². The fourth-order valence-corrected chi connectivity index (χ4v) is 3.89. The molecule has 138 valence electrons. The molecule has 4 unspecified atom stereocenters. The number of aromatic hydroxyl groups is 4. The van der Waals surface area contributed by atoms with Gasteiger partial charge in [0.1, 0.15) is 0 Å². The van der Waals surface area contributed by atoms with Gasteiger partial charge in [-0.15, -0.1) is 0 Å². The van der Waals surface area contributed by atoms with E-state index in [0.29, 0.717) is 18.8 Å². The zero-order chi connectivity index (χ0) is 18.4. The molecule has 4 atom stereocenters. The largest absolute Gasteiger partial charge is 0.504 e. The lowest BCUT2D eigenvalue weighted by molar-refractivity contribution is 0.0191. The van der Waals surface area contributed by atoms with Gasteiger partial charge in [0, 0.05) is 11.8 Å². The molecule has 0 saturated carbocycles. The van der Waals surface area contributed by atoms with Gasteiger partial charge in [0.05, 0.1) is 32.5 Å². The summed E-state index contributed by atoms with van der Waals surface area (Å²) in [4.78, 5) is 0. The summed E-state index contributed by atoms with van der Waals surface area (Å²) in [6.07, 6.45) is -0.541. The molecule has 4 N–H and O–H groups in total. The average Bonchev–Trinajstić information content (AvgIpc) is 3.21. The van der Waals surface area contributed by atoms with Gasteiger partial charge < -0.3 is 34.6 Å². The minimum atomic E-state index is -0.300. The van der Waals surface area contributed by atoms with E-state index < -0.39 is 0 Å². The van der Waals surface area contributed by atoms with Crippen LogP contribution in [0.1, 0.15) is 23.3 Å². The molecule has 7 heteroatoms. The lowest BCUT2D eigenvalue weighted by Crippen LogP contribution is -2.14. The molecule has 0 spiro atoms. The maximum Gasteiger partial charge on any atom is 0.200 e. The van der Waals surface area contributed by atoms with Gasteiger partial charge in [-0.3, -0.25) is 0 Å². The smallest absolute Gasteiger partial charge is 0.200 e. The second-order valence-electron chi connectivity index (χ2n) is 6.67. The van der Waals surface area contributed by atoms with Gasteiger partial charge in [-0.05, 0) is 35.4 Å². The van der Waals surface area contributed by atoms with E-state index >= 15 is 0 Å². The van der Waals surface area contributed by atoms with Crippen molar-refractivity contribution < 1.29 is 34.6 Å². The third-order valence-corrected chi connectivity index (χ3v) is 5.22. The average molecular weight is 360 g/mol. The molecular weight excluding hydrogens is 340 g/mol. The molecule has 2 aliphatic rings. The molecule has 2 aromatic rings. The molecule has 2 fully saturated rings. The summed E-state index contributed by atoms with van der Waals surface area (Å²) in [5, 5.41) is 39.0. The van der Waals surface area contributed by atoms with E-state index in [4.69, 9.17) is 14.2 Å². The van der Waals surface area contributed by atoms with Crippen molar-refractivity contribution >= 4 is 0 Å². The Morgan fingerprint density at radius 2 is 1.42 bits per heavy atom. The van der Waals surface area contributed by atoms with E-state index in [1.54, 1.807) is 12.1 Å². The van der Waals surface area contributed by atoms with Crippen molar-refractivity contribution in [3.8, 4) is 28.7 Å². The molecule has 26 heavy (non-hydrogen) atoms. The Morgan fingerprint density at radius 1 is 0.808 bits per heavy atom. The first kappa shape index (κ1) is 16.8. The van der Waals surface area contributed by atoms with Gasteiger partial charge in [-0.1, -0.05) is 6.07 Å². The SMILES string of the molecule is COc1cc(C2OCC3C(c4ccc(O)c(O)c4)OCC23)cc(O)c1O. The van der Waals surface area contributed by atoms with Crippen molar-refractivity contribution in [2.75, 3.05) is 20.3 Å². The Balaban J connectivity index is 1.61. The van der Waals surface area contributed by atoms with Crippen molar-refractivity contribution in [3.63, 3.8) is 0 Å². The van der Waals surface area contributed by atoms with Crippen LogP contribution in [0.5, 0.6) is 28.7 Å². The number of fused-ring (bicyclic) bond motifs is 1. The summed E-state index contributed by atoms with van der Waals surface area (Å²) in [6, 6.07) is 7.81. The predicted molar refractivity (Wildman–Crippen MR) is 90.5 cm³/mol. The molecule has 7 nitrogen and oxygen atoms in total. The molecule has 0 aromatic heterocycles. The van der Waals surface area contributed by atoms with Gasteiger partial charge in [0.2, 0.25) is 5.75 Å². The van der Waals surface area contributed by atoms with Crippen LogP contribution in [0.25, 0.3) is 0 Å². The van der Waals surface area contributed by atoms with Crippen molar-refractivity contribution in [2.24, 2.45) is 11.8 Å². The Labute approximate surface area is 150 Å². The molecule has 0 bridgehead atoms. The zero-order valence-corrected chi connectivity index (χ0v) is 14.1. The number of rotatable bonds is 3. The van der Waals surface area contributed by atoms with Crippen LogP contribution < -0.4 is 4.74 Å². The first-order chi connectivity index (χ1) is 12.5. The molecule has 2 aromatic carbocycles. The van der Waals surface area contributed by atoms with E-state index in [1.165, 1.54) is 25.3 Å². The summed E-state index contributed by atoms with van der Waals surface area (Å²) >= 11 is 0. The number of hydrogen-bond acceptors (Lipinski definition) is 7. The van der Waals surface area contributed by atoms with Crippen LogP contribution in [-0.4, -0.2) is 40.7 Å². The number of methoxy groups -OCH3 is 1. The van der Waals surface area contributed by atoms with Crippen LogP contribution in [0.3, 0.4) is 0 Å². The highest BCUT2D eigenvalue weighted by Crippen LogP contribution is 2.52. The lowest BCUT2D eigenvalue weighted by atomic mass is 9.85. The van der Waals surface area contributed by atoms with Crippen molar-refractivity contribution in [3.05, 3.63) is 41.5 Å². The molecular formula is C19H20O7. The standard InChI is InChI=1S/C19H20O7/c1-24-16-6-10(5-15(22)17(16)23)19-12-8-25-18(11(12)7-26-19)9-2-3-13(20)14(21)4-9/h2-6,11-12,18-23H,7-8H2,1H3. The zero-order valence-electron chi connectivity index (χ0n) is 14.1. The molecule has 0 amide bonds. The van der Waals surface area contributed by atoms with Crippen LogP contribution in [0.2, 0.25) is 0 Å². The monoisotopic (exact) mass is 360 g/mol. The third-order valence-electron chi connectivity index (χ3n) is 5.22. The van der Waals surface area contributed by atoms with Gasteiger partial charge in [0.15, 0.2) is 23.0 Å². The summed E-state index contributed by atoms with van der Waals surface area (Å²) < 4.78 is 17.0. The molecule has 2 aliphatic heterocycles. The Kier molecular flexibility index (Phi) is 4.05. The predicted octanol–water partition coefficient (Wildman–Crippen LogP) is 2.59. The highest BCUT2D eigenvalue weighted by atomic mass is 16.5. The molecule has 2 heterocycles. The van der Waals surface area contributed by atoms with Crippen LogP contribution in [0, 0.1) is 11.8 Å². The highest BCUT2D eigenvalue weighted by molar-refractivity contribution is 5.52. The first-order valence-electron chi connectivity index (χ1n) is 8.34. The number of phenolic OH excluding ortho intramolecular Hbond substituents is 4. The fourth-order valence-electron chi connectivity index (χ4n) is 3.89. The normalized spacial score (nSPS) is 27.4. The molecule has 2 saturated heterocycles. The number of phenols is 4. The Morgan fingerprint density at radius 3 is 2.04 bits per heavy atom. The van der Waals surface area contributed by atoms with E-state index in [-0.39, 0.29) is 52.8 Å². The Hall–Kier alpha value is -2.64. The minimum absolute atomic E-state index is 0.0598. The topological polar surface area (TPSA) is 109 Å².